The molecule has 106 valence electrons. The van der Waals surface area contributed by atoms with E-state index in [4.69, 9.17) is 17.3 Å². The molecule has 0 spiro atoms. The molecule has 0 heterocycles. The van der Waals surface area contributed by atoms with Crippen LogP contribution in [0.25, 0.3) is 0 Å². The highest BCUT2D eigenvalue weighted by Crippen LogP contribution is 2.35. The van der Waals surface area contributed by atoms with Crippen LogP contribution in [0, 0.1) is 5.92 Å². The van der Waals surface area contributed by atoms with Gasteiger partial charge >= 0.3 is 0 Å². The Bertz CT molecular complexity index is 430. The van der Waals surface area contributed by atoms with Gasteiger partial charge in [-0.25, -0.2) is 0 Å². The van der Waals surface area contributed by atoms with Gasteiger partial charge in [-0.3, -0.25) is 0 Å². The zero-order chi connectivity index (χ0) is 14.0. The summed E-state index contributed by atoms with van der Waals surface area (Å²) in [6.07, 6.45) is 4.04. The van der Waals surface area contributed by atoms with Crippen molar-refractivity contribution >= 4 is 17.3 Å². The van der Waals surface area contributed by atoms with Gasteiger partial charge in [0, 0.05) is 24.8 Å². The Balaban J connectivity index is 2.16. The first-order chi connectivity index (χ1) is 9.00. The number of rotatable bonds is 4. The van der Waals surface area contributed by atoms with E-state index in [1.54, 1.807) is 0 Å². The van der Waals surface area contributed by atoms with Gasteiger partial charge in [0.25, 0.3) is 0 Å². The number of halogens is 1. The van der Waals surface area contributed by atoms with Crippen molar-refractivity contribution in [3.05, 3.63) is 28.8 Å². The third-order valence-corrected chi connectivity index (χ3v) is 4.44. The van der Waals surface area contributed by atoms with Crippen molar-refractivity contribution in [1.82, 2.24) is 0 Å². The zero-order valence-electron chi connectivity index (χ0n) is 11.6. The number of benzene rings is 1. The second-order valence-corrected chi connectivity index (χ2v) is 6.07. The maximum Gasteiger partial charge on any atom is 0.0761 e. The Morgan fingerprint density at radius 1 is 1.32 bits per heavy atom. The maximum atomic E-state index is 10.4. The number of hydrogen-bond acceptors (Lipinski definition) is 3. The standard InChI is InChI=1S/C15H23ClN2O/c1-18(2)11-7-8-12(13(16)9-11)14(17)15(19)10-5-3-4-6-10/h7-10,14-15,19H,3-6,17H2,1-2H3/t14-,15+/m0/s1. The summed E-state index contributed by atoms with van der Waals surface area (Å²) in [5, 5.41) is 11.0. The summed E-state index contributed by atoms with van der Waals surface area (Å²) in [6, 6.07) is 5.42. The Kier molecular flexibility index (Phi) is 4.71. The van der Waals surface area contributed by atoms with Gasteiger partial charge in [-0.2, -0.15) is 0 Å². The summed E-state index contributed by atoms with van der Waals surface area (Å²) in [6.45, 7) is 0. The van der Waals surface area contributed by atoms with E-state index in [-0.39, 0.29) is 0 Å². The van der Waals surface area contributed by atoms with Crippen LogP contribution in [-0.2, 0) is 0 Å². The molecule has 3 nitrogen and oxygen atoms in total. The van der Waals surface area contributed by atoms with Crippen molar-refractivity contribution in [2.45, 2.75) is 37.8 Å². The lowest BCUT2D eigenvalue weighted by Gasteiger charge is -2.26. The molecule has 1 aromatic rings. The van der Waals surface area contributed by atoms with Crippen molar-refractivity contribution in [2.24, 2.45) is 11.7 Å². The fraction of sp³-hybridized carbons (Fsp3) is 0.600. The van der Waals surface area contributed by atoms with E-state index in [9.17, 15) is 5.11 Å². The van der Waals surface area contributed by atoms with E-state index < -0.39 is 12.1 Å². The van der Waals surface area contributed by atoms with Gasteiger partial charge in [0.05, 0.1) is 12.1 Å². The van der Waals surface area contributed by atoms with Gasteiger partial charge in [0.2, 0.25) is 0 Å². The maximum absolute atomic E-state index is 10.4. The minimum absolute atomic E-state index is 0.319. The fourth-order valence-electron chi connectivity index (χ4n) is 2.84. The number of aliphatic hydroxyl groups is 1. The highest BCUT2D eigenvalue weighted by atomic mass is 35.5. The molecular weight excluding hydrogens is 260 g/mol. The molecule has 2 atom stereocenters. The Labute approximate surface area is 120 Å². The van der Waals surface area contributed by atoms with Gasteiger partial charge < -0.3 is 15.7 Å². The van der Waals surface area contributed by atoms with Crippen LogP contribution in [0.15, 0.2) is 18.2 Å². The molecule has 3 N–H and O–H groups in total. The molecule has 4 heteroatoms. The van der Waals surface area contributed by atoms with Gasteiger partial charge in [-0.05, 0) is 36.5 Å². The van der Waals surface area contributed by atoms with Crippen molar-refractivity contribution in [1.29, 1.82) is 0 Å². The number of hydrogen-bond donors (Lipinski definition) is 2. The summed E-state index contributed by atoms with van der Waals surface area (Å²) in [7, 11) is 3.94. The fourth-order valence-corrected chi connectivity index (χ4v) is 3.14. The number of anilines is 1. The lowest BCUT2D eigenvalue weighted by atomic mass is 9.91. The molecule has 1 saturated carbocycles. The van der Waals surface area contributed by atoms with E-state index in [1.165, 1.54) is 12.8 Å². The first-order valence-corrected chi connectivity index (χ1v) is 7.29. The minimum atomic E-state index is -0.495. The number of aliphatic hydroxyl groups excluding tert-OH is 1. The predicted octanol–water partition coefficient (Wildman–Crippen LogP) is 2.96. The summed E-state index contributed by atoms with van der Waals surface area (Å²) in [5.41, 5.74) is 8.08. The molecule has 1 aliphatic carbocycles. The van der Waals surface area contributed by atoms with E-state index in [1.807, 2.05) is 37.2 Å². The summed E-state index contributed by atoms with van der Waals surface area (Å²) in [4.78, 5) is 1.99. The Morgan fingerprint density at radius 2 is 1.95 bits per heavy atom. The molecule has 1 aliphatic rings. The van der Waals surface area contributed by atoms with Crippen LogP contribution in [-0.4, -0.2) is 25.3 Å². The highest BCUT2D eigenvalue weighted by Gasteiger charge is 2.29. The normalized spacial score (nSPS) is 19.4. The molecule has 19 heavy (non-hydrogen) atoms. The SMILES string of the molecule is CN(C)c1ccc([C@H](N)[C@H](O)C2CCCC2)c(Cl)c1. The molecular formula is C15H23ClN2O. The van der Waals surface area contributed by atoms with E-state index in [0.29, 0.717) is 10.9 Å². The van der Waals surface area contributed by atoms with Crippen LogP contribution in [0.2, 0.25) is 5.02 Å². The van der Waals surface area contributed by atoms with E-state index >= 15 is 0 Å². The smallest absolute Gasteiger partial charge is 0.0761 e. The topological polar surface area (TPSA) is 49.5 Å². The highest BCUT2D eigenvalue weighted by molar-refractivity contribution is 6.31. The van der Waals surface area contributed by atoms with Crippen molar-refractivity contribution < 1.29 is 5.11 Å². The van der Waals surface area contributed by atoms with Gasteiger partial charge in [-0.15, -0.1) is 0 Å². The monoisotopic (exact) mass is 282 g/mol. The number of nitrogens with two attached hydrogens (primary N) is 1. The van der Waals surface area contributed by atoms with Crippen LogP contribution < -0.4 is 10.6 Å². The Hall–Kier alpha value is -0.770. The van der Waals surface area contributed by atoms with Gasteiger partial charge in [-0.1, -0.05) is 30.5 Å². The zero-order valence-corrected chi connectivity index (χ0v) is 12.4. The molecule has 0 saturated heterocycles. The summed E-state index contributed by atoms with van der Waals surface area (Å²) in [5.74, 6) is 0.319. The third-order valence-electron chi connectivity index (χ3n) is 4.11. The molecule has 0 amide bonds. The van der Waals surface area contributed by atoms with Crippen LogP contribution in [0.3, 0.4) is 0 Å². The predicted molar refractivity (Wildman–Crippen MR) is 80.7 cm³/mol. The molecule has 1 aromatic carbocycles. The first kappa shape index (κ1) is 14.6. The molecule has 0 radical (unpaired) electrons. The molecule has 2 rings (SSSR count). The molecule has 1 fully saturated rings. The average molecular weight is 283 g/mol. The lowest BCUT2D eigenvalue weighted by molar-refractivity contribution is 0.0845. The van der Waals surface area contributed by atoms with Crippen LogP contribution in [0.1, 0.15) is 37.3 Å². The van der Waals surface area contributed by atoms with Crippen molar-refractivity contribution in [3.8, 4) is 0 Å². The average Bonchev–Trinajstić information content (AvgIpc) is 2.90. The van der Waals surface area contributed by atoms with Gasteiger partial charge in [0.15, 0.2) is 0 Å². The molecule has 0 aromatic heterocycles. The molecule has 0 unspecified atom stereocenters. The van der Waals surface area contributed by atoms with Crippen LogP contribution in [0.4, 0.5) is 5.69 Å². The molecule has 0 bridgehead atoms. The van der Waals surface area contributed by atoms with Crippen molar-refractivity contribution in [3.63, 3.8) is 0 Å². The number of nitrogens with zero attached hydrogens (tertiary/aromatic N) is 1. The first-order valence-electron chi connectivity index (χ1n) is 6.91. The van der Waals surface area contributed by atoms with Gasteiger partial charge in [0.1, 0.15) is 0 Å². The van der Waals surface area contributed by atoms with Crippen LogP contribution in [0.5, 0.6) is 0 Å². The minimum Gasteiger partial charge on any atom is -0.391 e. The second-order valence-electron chi connectivity index (χ2n) is 5.66. The second kappa shape index (κ2) is 6.12. The van der Waals surface area contributed by atoms with Crippen molar-refractivity contribution in [2.75, 3.05) is 19.0 Å². The Morgan fingerprint density at radius 3 is 2.47 bits per heavy atom. The third kappa shape index (κ3) is 3.22. The molecule has 0 aliphatic heterocycles. The summed E-state index contributed by atoms with van der Waals surface area (Å²) < 4.78 is 0. The van der Waals surface area contributed by atoms with E-state index in [2.05, 4.69) is 0 Å². The quantitative estimate of drug-likeness (QED) is 0.893. The summed E-state index contributed by atoms with van der Waals surface area (Å²) >= 11 is 6.30. The van der Waals surface area contributed by atoms with E-state index in [0.717, 1.165) is 24.1 Å². The van der Waals surface area contributed by atoms with Crippen LogP contribution >= 0.6 is 11.6 Å². The largest absolute Gasteiger partial charge is 0.391 e. The lowest BCUT2D eigenvalue weighted by Crippen LogP contribution is -2.32.